The van der Waals surface area contributed by atoms with E-state index in [9.17, 15) is 14.7 Å². The number of hydrogen-bond donors (Lipinski definition) is 1. The first-order chi connectivity index (χ1) is 15.4. The van der Waals surface area contributed by atoms with Crippen LogP contribution in [0, 0.1) is 6.92 Å². The Labute approximate surface area is 187 Å². The highest BCUT2D eigenvalue weighted by Gasteiger charge is 2.48. The SMILES string of the molecule is COc1ccc(OC)c([C@@H]2C(=C(O)c3ccc(C)cc3)C(=O)C(=O)N2C[C@H]2CCCO2)c1. The molecule has 168 valence electrons. The average molecular weight is 437 g/mol. The predicted octanol–water partition coefficient (Wildman–Crippen LogP) is 3.61. The van der Waals surface area contributed by atoms with Crippen LogP contribution in [0.15, 0.2) is 48.0 Å². The molecular weight excluding hydrogens is 410 g/mol. The molecule has 0 spiro atoms. The first-order valence-electron chi connectivity index (χ1n) is 10.6. The number of carbonyl (C=O) groups excluding carboxylic acids is 2. The van der Waals surface area contributed by atoms with Crippen LogP contribution in [-0.2, 0) is 14.3 Å². The van der Waals surface area contributed by atoms with E-state index in [0.29, 0.717) is 29.2 Å². The Balaban J connectivity index is 1.89. The molecule has 0 aliphatic carbocycles. The van der Waals surface area contributed by atoms with Gasteiger partial charge in [-0.2, -0.15) is 0 Å². The first kappa shape index (κ1) is 21.9. The molecule has 2 saturated heterocycles. The van der Waals surface area contributed by atoms with Gasteiger partial charge in [0.25, 0.3) is 11.7 Å². The zero-order chi connectivity index (χ0) is 22.8. The van der Waals surface area contributed by atoms with Crippen molar-refractivity contribution < 1.29 is 28.9 Å². The summed E-state index contributed by atoms with van der Waals surface area (Å²) < 4.78 is 16.7. The first-order valence-corrected chi connectivity index (χ1v) is 10.6. The molecule has 2 aliphatic rings. The van der Waals surface area contributed by atoms with Gasteiger partial charge in [0.2, 0.25) is 0 Å². The third-order valence-electron chi connectivity index (χ3n) is 6.02. The number of nitrogens with zero attached hydrogens (tertiary/aromatic N) is 1. The number of aryl methyl sites for hydroxylation is 1. The second-order valence-corrected chi connectivity index (χ2v) is 8.06. The number of likely N-dealkylation sites (tertiary alicyclic amines) is 1. The minimum atomic E-state index is -0.828. The maximum Gasteiger partial charge on any atom is 0.295 e. The molecule has 7 nitrogen and oxygen atoms in total. The Bertz CT molecular complexity index is 1050. The van der Waals surface area contributed by atoms with E-state index < -0.39 is 17.7 Å². The number of hydrogen-bond acceptors (Lipinski definition) is 6. The Kier molecular flexibility index (Phi) is 6.19. The van der Waals surface area contributed by atoms with Crippen LogP contribution < -0.4 is 9.47 Å². The lowest BCUT2D eigenvalue weighted by molar-refractivity contribution is -0.140. The fourth-order valence-electron chi connectivity index (χ4n) is 4.32. The lowest BCUT2D eigenvalue weighted by atomic mass is 9.94. The quantitative estimate of drug-likeness (QED) is 0.422. The van der Waals surface area contributed by atoms with Crippen molar-refractivity contribution in [1.29, 1.82) is 0 Å². The van der Waals surface area contributed by atoms with Crippen molar-refractivity contribution in [1.82, 2.24) is 4.90 Å². The fourth-order valence-corrected chi connectivity index (χ4v) is 4.32. The molecule has 2 atom stereocenters. The van der Waals surface area contributed by atoms with Gasteiger partial charge >= 0.3 is 0 Å². The van der Waals surface area contributed by atoms with Crippen LogP contribution in [0.25, 0.3) is 5.76 Å². The number of rotatable bonds is 6. The van der Waals surface area contributed by atoms with Crippen LogP contribution >= 0.6 is 0 Å². The molecule has 2 aliphatic heterocycles. The van der Waals surface area contributed by atoms with Crippen LogP contribution in [-0.4, -0.2) is 55.2 Å². The van der Waals surface area contributed by atoms with Crippen molar-refractivity contribution in [3.63, 3.8) is 0 Å². The molecule has 1 amide bonds. The average Bonchev–Trinajstić information content (AvgIpc) is 3.41. The summed E-state index contributed by atoms with van der Waals surface area (Å²) in [5.74, 6) is -0.559. The minimum Gasteiger partial charge on any atom is -0.507 e. The maximum atomic E-state index is 13.2. The van der Waals surface area contributed by atoms with Crippen molar-refractivity contribution >= 4 is 17.4 Å². The highest BCUT2D eigenvalue weighted by Crippen LogP contribution is 2.44. The number of benzene rings is 2. The molecule has 4 rings (SSSR count). The van der Waals surface area contributed by atoms with Crippen molar-refractivity contribution in [3.05, 3.63) is 64.7 Å². The van der Waals surface area contributed by atoms with E-state index >= 15 is 0 Å². The molecule has 2 aromatic rings. The van der Waals surface area contributed by atoms with Crippen LogP contribution in [0.3, 0.4) is 0 Å². The number of Topliss-reactive ketones (excluding diaryl/α,β-unsaturated/α-hetero) is 1. The zero-order valence-corrected chi connectivity index (χ0v) is 18.5. The summed E-state index contributed by atoms with van der Waals surface area (Å²) in [5.41, 5.74) is 2.09. The topological polar surface area (TPSA) is 85.3 Å². The summed E-state index contributed by atoms with van der Waals surface area (Å²) in [6, 6.07) is 11.5. The molecular formula is C25H27NO6. The van der Waals surface area contributed by atoms with Crippen LogP contribution in [0.2, 0.25) is 0 Å². The molecule has 7 heteroatoms. The van der Waals surface area contributed by atoms with Gasteiger partial charge in [-0.1, -0.05) is 29.8 Å². The molecule has 2 heterocycles. The summed E-state index contributed by atoms with van der Waals surface area (Å²) in [6.07, 6.45) is 1.56. The summed E-state index contributed by atoms with van der Waals surface area (Å²) in [6.45, 7) is 2.82. The van der Waals surface area contributed by atoms with E-state index in [-0.39, 0.29) is 24.0 Å². The van der Waals surface area contributed by atoms with Gasteiger partial charge in [-0.05, 0) is 38.0 Å². The van der Waals surface area contributed by atoms with E-state index in [1.807, 2.05) is 19.1 Å². The smallest absolute Gasteiger partial charge is 0.295 e. The highest BCUT2D eigenvalue weighted by molar-refractivity contribution is 6.46. The van der Waals surface area contributed by atoms with Crippen LogP contribution in [0.4, 0.5) is 0 Å². The molecule has 2 fully saturated rings. The van der Waals surface area contributed by atoms with Gasteiger partial charge in [-0.3, -0.25) is 9.59 Å². The number of ketones is 1. The Hall–Kier alpha value is -3.32. The van der Waals surface area contributed by atoms with Crippen molar-refractivity contribution in [2.45, 2.75) is 31.9 Å². The largest absolute Gasteiger partial charge is 0.507 e. The lowest BCUT2D eigenvalue weighted by Crippen LogP contribution is -2.36. The second-order valence-electron chi connectivity index (χ2n) is 8.06. The molecule has 1 N–H and O–H groups in total. The van der Waals surface area contributed by atoms with Gasteiger partial charge in [0, 0.05) is 24.3 Å². The fraction of sp³-hybridized carbons (Fsp3) is 0.360. The second kappa shape index (κ2) is 9.04. The number of methoxy groups -OCH3 is 2. The number of carbonyl (C=O) groups is 2. The normalized spacial score (nSPS) is 22.4. The van der Waals surface area contributed by atoms with Gasteiger partial charge in [0.05, 0.1) is 31.9 Å². The summed E-state index contributed by atoms with van der Waals surface area (Å²) in [4.78, 5) is 27.8. The number of aliphatic hydroxyl groups excluding tert-OH is 1. The van der Waals surface area contributed by atoms with Crippen LogP contribution in [0.1, 0.15) is 35.6 Å². The van der Waals surface area contributed by atoms with E-state index in [2.05, 4.69) is 0 Å². The molecule has 0 bridgehead atoms. The minimum absolute atomic E-state index is 0.0309. The van der Waals surface area contributed by atoms with Crippen LogP contribution in [0.5, 0.6) is 11.5 Å². The maximum absolute atomic E-state index is 13.2. The summed E-state index contributed by atoms with van der Waals surface area (Å²) in [5, 5.41) is 11.2. The summed E-state index contributed by atoms with van der Waals surface area (Å²) >= 11 is 0. The standard InChI is InChI=1S/C25H27NO6/c1-15-6-8-16(9-7-15)23(27)21-22(19-13-17(30-2)10-11-20(19)31-3)26(25(29)24(21)28)14-18-5-4-12-32-18/h6-11,13,18,22,27H,4-5,12,14H2,1-3H3/t18-,22-/m1/s1. The van der Waals surface area contributed by atoms with E-state index in [1.54, 1.807) is 37.4 Å². The Morgan fingerprint density at radius 1 is 1.12 bits per heavy atom. The van der Waals surface area contributed by atoms with E-state index in [4.69, 9.17) is 14.2 Å². The molecule has 32 heavy (non-hydrogen) atoms. The monoisotopic (exact) mass is 437 g/mol. The number of amides is 1. The highest BCUT2D eigenvalue weighted by atomic mass is 16.5. The van der Waals surface area contributed by atoms with Crippen molar-refractivity contribution in [2.75, 3.05) is 27.4 Å². The zero-order valence-electron chi connectivity index (χ0n) is 18.5. The van der Waals surface area contributed by atoms with Crippen molar-refractivity contribution in [2.24, 2.45) is 0 Å². The van der Waals surface area contributed by atoms with Gasteiger partial charge in [-0.25, -0.2) is 0 Å². The van der Waals surface area contributed by atoms with E-state index in [0.717, 1.165) is 18.4 Å². The lowest BCUT2D eigenvalue weighted by Gasteiger charge is -2.28. The molecule has 0 unspecified atom stereocenters. The van der Waals surface area contributed by atoms with Gasteiger partial charge in [0.15, 0.2) is 0 Å². The molecule has 2 aromatic carbocycles. The molecule has 0 aromatic heterocycles. The Morgan fingerprint density at radius 3 is 2.50 bits per heavy atom. The van der Waals surface area contributed by atoms with Crippen molar-refractivity contribution in [3.8, 4) is 11.5 Å². The third kappa shape index (κ3) is 3.96. The van der Waals surface area contributed by atoms with E-state index in [1.165, 1.54) is 12.0 Å². The molecule has 0 radical (unpaired) electrons. The van der Waals surface area contributed by atoms with Gasteiger partial charge < -0.3 is 24.2 Å². The van der Waals surface area contributed by atoms with Gasteiger partial charge in [-0.15, -0.1) is 0 Å². The van der Waals surface area contributed by atoms with Gasteiger partial charge in [0.1, 0.15) is 17.3 Å². The third-order valence-corrected chi connectivity index (χ3v) is 6.02. The number of ether oxygens (including phenoxy) is 3. The Morgan fingerprint density at radius 2 is 1.88 bits per heavy atom. The summed E-state index contributed by atoms with van der Waals surface area (Å²) in [7, 11) is 3.07. The predicted molar refractivity (Wildman–Crippen MR) is 119 cm³/mol. The number of aliphatic hydroxyl groups is 1. The molecule has 0 saturated carbocycles.